The first-order valence-electron chi connectivity index (χ1n) is 3.96. The first kappa shape index (κ1) is 7.64. The summed E-state index contributed by atoms with van der Waals surface area (Å²) in [4.78, 5) is 4.04. The third kappa shape index (κ3) is 1.00. The van der Waals surface area contributed by atoms with Crippen LogP contribution >= 0.6 is 11.6 Å². The van der Waals surface area contributed by atoms with E-state index in [1.807, 2.05) is 6.20 Å². The molecule has 1 aromatic heterocycles. The van der Waals surface area contributed by atoms with Crippen molar-refractivity contribution in [2.24, 2.45) is 0 Å². The van der Waals surface area contributed by atoms with Crippen molar-refractivity contribution in [1.82, 2.24) is 4.98 Å². The Labute approximate surface area is 76.8 Å². The van der Waals surface area contributed by atoms with Crippen LogP contribution in [0.3, 0.4) is 0 Å². The number of fused-ring (bicyclic) bond motifs is 1. The van der Waals surface area contributed by atoms with Gasteiger partial charge in [-0.1, -0.05) is 17.5 Å². The molecule has 2 heteroatoms. The van der Waals surface area contributed by atoms with Gasteiger partial charge in [0.15, 0.2) is 0 Å². The lowest BCUT2D eigenvalue weighted by atomic mass is 10.1. The van der Waals surface area contributed by atoms with Gasteiger partial charge in [0.1, 0.15) is 5.15 Å². The van der Waals surface area contributed by atoms with Crippen LogP contribution in [0.2, 0.25) is 5.15 Å². The lowest BCUT2D eigenvalue weighted by Gasteiger charge is -2.02. The molecule has 0 fully saturated rings. The van der Waals surface area contributed by atoms with Gasteiger partial charge in [-0.05, 0) is 30.4 Å². The number of nitrogens with zero attached hydrogens (tertiary/aromatic N) is 1. The van der Waals surface area contributed by atoms with Gasteiger partial charge in [0.2, 0.25) is 0 Å². The van der Waals surface area contributed by atoms with Gasteiger partial charge in [-0.25, -0.2) is 4.98 Å². The van der Waals surface area contributed by atoms with E-state index in [1.54, 1.807) is 0 Å². The van der Waals surface area contributed by atoms with Gasteiger partial charge in [0.25, 0.3) is 0 Å². The number of pyridine rings is 1. The summed E-state index contributed by atoms with van der Waals surface area (Å²) >= 11 is 5.85. The number of terminal acetylenes is 1. The SMILES string of the molecule is C#Cc1c(Cl)ncc2c1CCC2. The van der Waals surface area contributed by atoms with Crippen LogP contribution < -0.4 is 0 Å². The third-order valence-electron chi connectivity index (χ3n) is 2.25. The van der Waals surface area contributed by atoms with Gasteiger partial charge in [0, 0.05) is 6.20 Å². The van der Waals surface area contributed by atoms with Crippen molar-refractivity contribution in [1.29, 1.82) is 0 Å². The average Bonchev–Trinajstić information content (AvgIpc) is 2.52. The van der Waals surface area contributed by atoms with Crippen molar-refractivity contribution >= 4 is 11.6 Å². The monoisotopic (exact) mass is 177 g/mol. The highest BCUT2D eigenvalue weighted by Gasteiger charge is 2.16. The molecule has 12 heavy (non-hydrogen) atoms. The van der Waals surface area contributed by atoms with Crippen molar-refractivity contribution in [3.8, 4) is 12.3 Å². The second-order valence-electron chi connectivity index (χ2n) is 2.93. The normalized spacial score (nSPS) is 14.0. The Bertz CT molecular complexity index is 363. The van der Waals surface area contributed by atoms with E-state index in [9.17, 15) is 0 Å². The molecule has 0 atom stereocenters. The molecule has 0 amide bonds. The molecular weight excluding hydrogens is 170 g/mol. The number of halogens is 1. The third-order valence-corrected chi connectivity index (χ3v) is 2.53. The summed E-state index contributed by atoms with van der Waals surface area (Å²) in [6.45, 7) is 0. The molecule has 1 aromatic rings. The Balaban J connectivity index is 2.67. The minimum Gasteiger partial charge on any atom is -0.243 e. The van der Waals surface area contributed by atoms with Gasteiger partial charge in [-0.2, -0.15) is 0 Å². The molecule has 0 unspecified atom stereocenters. The fourth-order valence-electron chi connectivity index (χ4n) is 1.67. The van der Waals surface area contributed by atoms with Crippen LogP contribution in [0.4, 0.5) is 0 Å². The number of aryl methyl sites for hydroxylation is 1. The molecule has 0 spiro atoms. The van der Waals surface area contributed by atoms with Crippen LogP contribution in [0.1, 0.15) is 23.1 Å². The zero-order valence-corrected chi connectivity index (χ0v) is 7.36. The van der Waals surface area contributed by atoms with Crippen molar-refractivity contribution in [3.05, 3.63) is 28.0 Å². The zero-order chi connectivity index (χ0) is 8.55. The molecule has 0 aromatic carbocycles. The van der Waals surface area contributed by atoms with Crippen molar-refractivity contribution in [3.63, 3.8) is 0 Å². The Morgan fingerprint density at radius 3 is 3.08 bits per heavy atom. The van der Waals surface area contributed by atoms with Crippen LogP contribution in [0.25, 0.3) is 0 Å². The topological polar surface area (TPSA) is 12.9 Å². The highest BCUT2D eigenvalue weighted by atomic mass is 35.5. The second-order valence-corrected chi connectivity index (χ2v) is 3.28. The number of aromatic nitrogens is 1. The van der Waals surface area contributed by atoms with E-state index in [-0.39, 0.29) is 0 Å². The van der Waals surface area contributed by atoms with Crippen molar-refractivity contribution in [2.75, 3.05) is 0 Å². The predicted molar refractivity (Wildman–Crippen MR) is 49.2 cm³/mol. The zero-order valence-electron chi connectivity index (χ0n) is 6.60. The largest absolute Gasteiger partial charge is 0.243 e. The summed E-state index contributed by atoms with van der Waals surface area (Å²) in [5.74, 6) is 2.60. The second kappa shape index (κ2) is 2.80. The van der Waals surface area contributed by atoms with Gasteiger partial charge >= 0.3 is 0 Å². The Kier molecular flexibility index (Phi) is 1.78. The highest BCUT2D eigenvalue weighted by Crippen LogP contribution is 2.27. The Morgan fingerprint density at radius 2 is 2.33 bits per heavy atom. The maximum Gasteiger partial charge on any atom is 0.144 e. The Hall–Kier alpha value is -1.00. The molecular formula is C10H8ClN. The molecule has 2 rings (SSSR count). The minimum atomic E-state index is 0.471. The molecule has 0 radical (unpaired) electrons. The molecule has 0 N–H and O–H groups in total. The maximum absolute atomic E-state index is 5.85. The number of hydrogen-bond donors (Lipinski definition) is 0. The predicted octanol–water partition coefficient (Wildman–Crippen LogP) is 2.21. The van der Waals surface area contributed by atoms with E-state index in [2.05, 4.69) is 10.9 Å². The maximum atomic E-state index is 5.85. The van der Waals surface area contributed by atoms with Crippen LogP contribution in [0.15, 0.2) is 6.20 Å². The van der Waals surface area contributed by atoms with E-state index < -0.39 is 0 Å². The van der Waals surface area contributed by atoms with Gasteiger partial charge in [0.05, 0.1) is 5.56 Å². The molecule has 0 saturated heterocycles. The number of rotatable bonds is 0. The molecule has 0 aliphatic heterocycles. The first-order chi connectivity index (χ1) is 5.83. The van der Waals surface area contributed by atoms with Crippen LogP contribution in [0.5, 0.6) is 0 Å². The fraction of sp³-hybridized carbons (Fsp3) is 0.300. The smallest absolute Gasteiger partial charge is 0.144 e. The van der Waals surface area contributed by atoms with Crippen LogP contribution in [-0.4, -0.2) is 4.98 Å². The summed E-state index contributed by atoms with van der Waals surface area (Å²) < 4.78 is 0. The highest BCUT2D eigenvalue weighted by molar-refractivity contribution is 6.30. The van der Waals surface area contributed by atoms with E-state index in [1.165, 1.54) is 17.5 Å². The van der Waals surface area contributed by atoms with Gasteiger partial charge < -0.3 is 0 Å². The summed E-state index contributed by atoms with van der Waals surface area (Å²) in [5, 5.41) is 0.471. The standard InChI is InChI=1S/C10H8ClN/c1-2-8-9-5-3-4-7(9)6-12-10(8)11/h1,6H,3-5H2. The van der Waals surface area contributed by atoms with E-state index in [4.69, 9.17) is 18.0 Å². The molecule has 1 nitrogen and oxygen atoms in total. The average molecular weight is 178 g/mol. The fourth-order valence-corrected chi connectivity index (χ4v) is 1.88. The molecule has 0 saturated carbocycles. The summed E-state index contributed by atoms with van der Waals surface area (Å²) in [6, 6.07) is 0. The summed E-state index contributed by atoms with van der Waals surface area (Å²) in [6.07, 6.45) is 10.5. The number of hydrogen-bond acceptors (Lipinski definition) is 1. The molecule has 0 bridgehead atoms. The minimum absolute atomic E-state index is 0.471. The summed E-state index contributed by atoms with van der Waals surface area (Å²) in [5.41, 5.74) is 3.30. The molecule has 1 aliphatic rings. The summed E-state index contributed by atoms with van der Waals surface area (Å²) in [7, 11) is 0. The van der Waals surface area contributed by atoms with Gasteiger partial charge in [-0.3, -0.25) is 0 Å². The van der Waals surface area contributed by atoms with Crippen LogP contribution in [0, 0.1) is 12.3 Å². The van der Waals surface area contributed by atoms with E-state index in [0.717, 1.165) is 18.4 Å². The molecule has 1 heterocycles. The first-order valence-corrected chi connectivity index (χ1v) is 4.33. The van der Waals surface area contributed by atoms with Crippen LogP contribution in [-0.2, 0) is 12.8 Å². The Morgan fingerprint density at radius 1 is 1.50 bits per heavy atom. The molecule has 1 aliphatic carbocycles. The molecule has 60 valence electrons. The van der Waals surface area contributed by atoms with E-state index >= 15 is 0 Å². The quantitative estimate of drug-likeness (QED) is 0.438. The van der Waals surface area contributed by atoms with Gasteiger partial charge in [-0.15, -0.1) is 6.42 Å². The lowest BCUT2D eigenvalue weighted by Crippen LogP contribution is -1.92. The van der Waals surface area contributed by atoms with Crippen molar-refractivity contribution in [2.45, 2.75) is 19.3 Å². The lowest BCUT2D eigenvalue weighted by molar-refractivity contribution is 0.910. The van der Waals surface area contributed by atoms with E-state index in [0.29, 0.717) is 5.15 Å². The van der Waals surface area contributed by atoms with Crippen molar-refractivity contribution < 1.29 is 0 Å².